The highest BCUT2D eigenvalue weighted by molar-refractivity contribution is 9.10. The van der Waals surface area contributed by atoms with Gasteiger partial charge in [-0.2, -0.15) is 0 Å². The van der Waals surface area contributed by atoms with Crippen molar-refractivity contribution < 1.29 is 9.18 Å². The van der Waals surface area contributed by atoms with E-state index in [1.165, 1.54) is 30.0 Å². The van der Waals surface area contributed by atoms with Crippen molar-refractivity contribution >= 4 is 56.6 Å². The van der Waals surface area contributed by atoms with E-state index in [1.807, 2.05) is 0 Å². The molecular formula is C14H11BrClFN2OS. The maximum atomic E-state index is 13.1. The summed E-state index contributed by atoms with van der Waals surface area (Å²) in [6.45, 7) is 0. The summed E-state index contributed by atoms with van der Waals surface area (Å²) in [4.78, 5) is 12.4. The third kappa shape index (κ3) is 4.62. The molecule has 0 atom stereocenters. The van der Waals surface area contributed by atoms with Crippen LogP contribution in [0.25, 0.3) is 0 Å². The Morgan fingerprint density at radius 2 is 2.10 bits per heavy atom. The molecule has 0 bridgehead atoms. The van der Waals surface area contributed by atoms with E-state index < -0.39 is 0 Å². The molecule has 0 aliphatic rings. The van der Waals surface area contributed by atoms with Crippen LogP contribution in [-0.2, 0) is 4.79 Å². The minimum Gasteiger partial charge on any atom is -0.398 e. The Labute approximate surface area is 139 Å². The number of hydrogen-bond acceptors (Lipinski definition) is 3. The summed E-state index contributed by atoms with van der Waals surface area (Å²) in [6.07, 6.45) is 0. The zero-order valence-electron chi connectivity index (χ0n) is 10.7. The Morgan fingerprint density at radius 1 is 1.33 bits per heavy atom. The molecule has 2 aromatic carbocycles. The van der Waals surface area contributed by atoms with Gasteiger partial charge in [0.05, 0.1) is 16.5 Å². The van der Waals surface area contributed by atoms with E-state index in [4.69, 9.17) is 17.3 Å². The molecule has 0 saturated heterocycles. The van der Waals surface area contributed by atoms with Gasteiger partial charge in [0.2, 0.25) is 5.91 Å². The van der Waals surface area contributed by atoms with Gasteiger partial charge in [0.25, 0.3) is 0 Å². The predicted molar refractivity (Wildman–Crippen MR) is 89.3 cm³/mol. The molecule has 3 nitrogen and oxygen atoms in total. The first-order valence-corrected chi connectivity index (χ1v) is 8.04. The van der Waals surface area contributed by atoms with Crippen molar-refractivity contribution in [3.05, 3.63) is 51.7 Å². The number of nitrogen functional groups attached to an aromatic ring is 1. The average Bonchev–Trinajstić information content (AvgIpc) is 2.43. The van der Waals surface area contributed by atoms with Gasteiger partial charge in [-0.25, -0.2) is 4.39 Å². The predicted octanol–water partition coefficient (Wildman–Crippen LogP) is 4.55. The van der Waals surface area contributed by atoms with Crippen molar-refractivity contribution in [3.63, 3.8) is 0 Å². The maximum Gasteiger partial charge on any atom is 0.234 e. The maximum absolute atomic E-state index is 13.1. The summed E-state index contributed by atoms with van der Waals surface area (Å²) in [5.41, 5.74) is 6.69. The van der Waals surface area contributed by atoms with Gasteiger partial charge in [-0.05, 0) is 36.4 Å². The van der Waals surface area contributed by atoms with Crippen LogP contribution < -0.4 is 11.1 Å². The lowest BCUT2D eigenvalue weighted by atomic mass is 10.3. The summed E-state index contributed by atoms with van der Waals surface area (Å²) in [7, 11) is 0. The molecule has 3 N–H and O–H groups in total. The van der Waals surface area contributed by atoms with Gasteiger partial charge < -0.3 is 11.1 Å². The number of thioether (sulfide) groups is 1. The summed E-state index contributed by atoms with van der Waals surface area (Å²) in [6, 6.07) is 9.22. The van der Waals surface area contributed by atoms with Crippen LogP contribution in [0.4, 0.5) is 15.8 Å². The van der Waals surface area contributed by atoms with Crippen LogP contribution in [0.15, 0.2) is 45.8 Å². The van der Waals surface area contributed by atoms with Gasteiger partial charge in [-0.15, -0.1) is 11.8 Å². The second-order valence-electron chi connectivity index (χ2n) is 4.14. The van der Waals surface area contributed by atoms with Crippen LogP contribution in [0, 0.1) is 5.82 Å². The zero-order chi connectivity index (χ0) is 15.4. The van der Waals surface area contributed by atoms with Crippen molar-refractivity contribution in [2.75, 3.05) is 16.8 Å². The number of hydrogen-bond donors (Lipinski definition) is 2. The largest absolute Gasteiger partial charge is 0.398 e. The quantitative estimate of drug-likeness (QED) is 0.595. The lowest BCUT2D eigenvalue weighted by Gasteiger charge is -2.08. The molecule has 0 fully saturated rings. The molecule has 0 radical (unpaired) electrons. The minimum absolute atomic E-state index is 0.111. The molecule has 21 heavy (non-hydrogen) atoms. The number of carbonyl (C=O) groups is 1. The molecule has 0 aliphatic carbocycles. The van der Waals surface area contributed by atoms with Gasteiger partial charge in [0.1, 0.15) is 5.82 Å². The fourth-order valence-corrected chi connectivity index (χ4v) is 3.06. The molecule has 2 rings (SSSR count). The highest BCUT2D eigenvalue weighted by Crippen LogP contribution is 2.28. The monoisotopic (exact) mass is 388 g/mol. The number of carbonyl (C=O) groups excluding carboxylic acids is 1. The molecular weight excluding hydrogens is 379 g/mol. The number of amides is 1. The average molecular weight is 390 g/mol. The second kappa shape index (κ2) is 7.15. The van der Waals surface area contributed by atoms with E-state index >= 15 is 0 Å². The first-order chi connectivity index (χ1) is 9.95. The van der Waals surface area contributed by atoms with Crippen molar-refractivity contribution in [1.82, 2.24) is 0 Å². The zero-order valence-corrected chi connectivity index (χ0v) is 13.9. The van der Waals surface area contributed by atoms with E-state index in [0.29, 0.717) is 21.3 Å². The van der Waals surface area contributed by atoms with E-state index in [-0.39, 0.29) is 17.5 Å². The van der Waals surface area contributed by atoms with Crippen molar-refractivity contribution in [3.8, 4) is 0 Å². The summed E-state index contributed by atoms with van der Waals surface area (Å²) in [5, 5.41) is 3.13. The Bertz CT molecular complexity index is 684. The van der Waals surface area contributed by atoms with Crippen LogP contribution in [0.3, 0.4) is 0 Å². The molecule has 110 valence electrons. The first-order valence-electron chi connectivity index (χ1n) is 5.88. The Balaban J connectivity index is 1.97. The Morgan fingerprint density at radius 3 is 2.81 bits per heavy atom. The van der Waals surface area contributed by atoms with Crippen molar-refractivity contribution in [2.24, 2.45) is 0 Å². The lowest BCUT2D eigenvalue weighted by molar-refractivity contribution is -0.113. The number of halogens is 3. The molecule has 2 aromatic rings. The highest BCUT2D eigenvalue weighted by atomic mass is 79.9. The second-order valence-corrected chi connectivity index (χ2v) is 6.48. The number of nitrogens with one attached hydrogen (secondary N) is 1. The van der Waals surface area contributed by atoms with E-state index in [1.54, 1.807) is 18.2 Å². The molecule has 0 spiro atoms. The third-order valence-electron chi connectivity index (χ3n) is 2.54. The smallest absolute Gasteiger partial charge is 0.234 e. The molecule has 0 aromatic heterocycles. The molecule has 0 heterocycles. The normalized spacial score (nSPS) is 10.4. The summed E-state index contributed by atoms with van der Waals surface area (Å²) < 4.78 is 13.9. The summed E-state index contributed by atoms with van der Waals surface area (Å²) >= 11 is 10.5. The fourth-order valence-electron chi connectivity index (χ4n) is 1.55. The van der Waals surface area contributed by atoms with Gasteiger partial charge >= 0.3 is 0 Å². The van der Waals surface area contributed by atoms with Crippen molar-refractivity contribution in [2.45, 2.75) is 4.90 Å². The number of anilines is 2. The van der Waals surface area contributed by atoms with E-state index in [2.05, 4.69) is 21.2 Å². The standard InChI is InChI=1S/C14H11BrClFN2OS/c15-8-1-4-12(10(16)5-8)19-14(20)7-21-13-6-9(17)2-3-11(13)18/h1-6H,7,18H2,(H,19,20). The van der Waals surface area contributed by atoms with E-state index in [0.717, 1.165) is 4.47 Å². The highest BCUT2D eigenvalue weighted by Gasteiger charge is 2.09. The summed E-state index contributed by atoms with van der Waals surface area (Å²) in [5.74, 6) is -0.518. The lowest BCUT2D eigenvalue weighted by Crippen LogP contribution is -2.14. The molecule has 7 heteroatoms. The van der Waals surface area contributed by atoms with Crippen LogP contribution in [-0.4, -0.2) is 11.7 Å². The molecule has 0 unspecified atom stereocenters. The van der Waals surface area contributed by atoms with Gasteiger partial charge in [0.15, 0.2) is 0 Å². The third-order valence-corrected chi connectivity index (χ3v) is 4.42. The first kappa shape index (κ1) is 16.1. The van der Waals surface area contributed by atoms with Gasteiger partial charge in [-0.1, -0.05) is 27.5 Å². The molecule has 0 saturated carbocycles. The number of benzene rings is 2. The van der Waals surface area contributed by atoms with Crippen molar-refractivity contribution in [1.29, 1.82) is 0 Å². The molecule has 0 aliphatic heterocycles. The Hall–Kier alpha value is -1.24. The molecule has 1 amide bonds. The van der Waals surface area contributed by atoms with Crippen LogP contribution >= 0.6 is 39.3 Å². The van der Waals surface area contributed by atoms with Crippen LogP contribution in [0.5, 0.6) is 0 Å². The van der Waals surface area contributed by atoms with Gasteiger partial charge in [0, 0.05) is 15.1 Å². The fraction of sp³-hybridized carbons (Fsp3) is 0.0714. The van der Waals surface area contributed by atoms with Gasteiger partial charge in [-0.3, -0.25) is 4.79 Å². The minimum atomic E-state index is -0.386. The topological polar surface area (TPSA) is 55.1 Å². The van der Waals surface area contributed by atoms with E-state index in [9.17, 15) is 9.18 Å². The van der Waals surface area contributed by atoms with Crippen LogP contribution in [0.1, 0.15) is 0 Å². The number of rotatable bonds is 4. The Kier molecular flexibility index (Phi) is 5.50. The number of nitrogens with two attached hydrogens (primary N) is 1. The van der Waals surface area contributed by atoms with Crippen LogP contribution in [0.2, 0.25) is 5.02 Å². The SMILES string of the molecule is Nc1ccc(F)cc1SCC(=O)Nc1ccc(Br)cc1Cl.